The minimum absolute atomic E-state index is 0. The standard InChI is InChI=1S/C20H24ClN3S.CH4/c21-19-6-3-15-7-9-22-10-8-18(15)20(19)25-14-16-4-5-17(13-23-16)24-11-1-2-12-24;/h3-6,13,22H,1-2,7-12,14H2;1H4. The molecule has 1 N–H and O–H groups in total. The smallest absolute Gasteiger partial charge is 0.0552 e. The van der Waals surface area contributed by atoms with Gasteiger partial charge in [0.25, 0.3) is 0 Å². The van der Waals surface area contributed by atoms with Crippen LogP contribution in [0.4, 0.5) is 5.69 Å². The molecule has 4 rings (SSSR count). The fourth-order valence-electron chi connectivity index (χ4n) is 3.68. The number of halogens is 1. The van der Waals surface area contributed by atoms with Gasteiger partial charge in [-0.25, -0.2) is 0 Å². The van der Waals surface area contributed by atoms with Gasteiger partial charge in [-0.1, -0.05) is 25.1 Å². The predicted molar refractivity (Wildman–Crippen MR) is 114 cm³/mol. The molecule has 0 radical (unpaired) electrons. The van der Waals surface area contributed by atoms with Crippen LogP contribution in [0.5, 0.6) is 0 Å². The first-order valence-corrected chi connectivity index (χ1v) is 10.5. The number of nitrogens with zero attached hydrogens (tertiary/aromatic N) is 2. The summed E-state index contributed by atoms with van der Waals surface area (Å²) in [6.45, 7) is 4.41. The summed E-state index contributed by atoms with van der Waals surface area (Å²) in [5.74, 6) is 0.865. The Bertz CT molecular complexity index is 727. The van der Waals surface area contributed by atoms with E-state index in [-0.39, 0.29) is 7.43 Å². The van der Waals surface area contributed by atoms with Crippen molar-refractivity contribution in [2.24, 2.45) is 0 Å². The Balaban J connectivity index is 0.00000196. The van der Waals surface area contributed by atoms with Gasteiger partial charge in [0.05, 0.1) is 22.6 Å². The monoisotopic (exact) mass is 389 g/mol. The summed E-state index contributed by atoms with van der Waals surface area (Å²) in [5.41, 5.74) is 5.24. The Kier molecular flexibility index (Phi) is 6.85. The van der Waals surface area contributed by atoms with Crippen molar-refractivity contribution in [3.8, 4) is 0 Å². The zero-order valence-corrected chi connectivity index (χ0v) is 16.0. The van der Waals surface area contributed by atoms with Crippen molar-refractivity contribution in [3.05, 3.63) is 52.3 Å². The van der Waals surface area contributed by atoms with Gasteiger partial charge in [0, 0.05) is 23.7 Å². The van der Waals surface area contributed by atoms with E-state index in [0.29, 0.717) is 0 Å². The fourth-order valence-corrected chi connectivity index (χ4v) is 5.09. The number of hydrogen-bond donors (Lipinski definition) is 1. The zero-order valence-electron chi connectivity index (χ0n) is 14.4. The SMILES string of the molecule is C.Clc1ccc2c(c1SCc1ccc(N3CCCC3)cn1)CCNCC2. The lowest BCUT2D eigenvalue weighted by atomic mass is 10.0. The van der Waals surface area contributed by atoms with Gasteiger partial charge in [-0.05, 0) is 68.1 Å². The quantitative estimate of drug-likeness (QED) is 0.748. The van der Waals surface area contributed by atoms with Crippen LogP contribution in [0.3, 0.4) is 0 Å². The van der Waals surface area contributed by atoms with E-state index in [1.54, 1.807) is 0 Å². The molecule has 2 aliphatic rings. The number of fused-ring (bicyclic) bond motifs is 1. The van der Waals surface area contributed by atoms with E-state index in [1.807, 2.05) is 18.0 Å². The minimum atomic E-state index is 0. The van der Waals surface area contributed by atoms with Crippen LogP contribution in [0.25, 0.3) is 0 Å². The number of thioether (sulfide) groups is 1. The number of anilines is 1. The van der Waals surface area contributed by atoms with Gasteiger partial charge in [-0.2, -0.15) is 0 Å². The molecule has 2 aromatic rings. The topological polar surface area (TPSA) is 28.2 Å². The summed E-state index contributed by atoms with van der Waals surface area (Å²) in [7, 11) is 0. The lowest BCUT2D eigenvalue weighted by molar-refractivity contribution is 0.709. The predicted octanol–water partition coefficient (Wildman–Crippen LogP) is 4.95. The van der Waals surface area contributed by atoms with Crippen LogP contribution in [-0.2, 0) is 18.6 Å². The van der Waals surface area contributed by atoms with Gasteiger partial charge in [-0.3, -0.25) is 4.98 Å². The summed E-state index contributed by atoms with van der Waals surface area (Å²) < 4.78 is 0. The third kappa shape index (κ3) is 4.36. The highest BCUT2D eigenvalue weighted by Crippen LogP contribution is 2.36. The molecule has 1 aromatic heterocycles. The summed E-state index contributed by atoms with van der Waals surface area (Å²) >= 11 is 8.35. The number of hydrogen-bond acceptors (Lipinski definition) is 4. The van der Waals surface area contributed by atoms with Gasteiger partial charge in [-0.15, -0.1) is 11.8 Å². The third-order valence-electron chi connectivity index (χ3n) is 5.08. The molecule has 0 spiro atoms. The van der Waals surface area contributed by atoms with Crippen molar-refractivity contribution in [2.45, 2.75) is 43.8 Å². The average molecular weight is 390 g/mol. The molecule has 1 fully saturated rings. The summed E-state index contributed by atoms with van der Waals surface area (Å²) in [4.78, 5) is 8.35. The van der Waals surface area contributed by atoms with Crippen LogP contribution in [0.2, 0.25) is 5.02 Å². The van der Waals surface area contributed by atoms with Crippen LogP contribution in [0, 0.1) is 0 Å². The van der Waals surface area contributed by atoms with E-state index in [2.05, 4.69) is 39.5 Å². The molecule has 3 heterocycles. The molecule has 0 atom stereocenters. The van der Waals surface area contributed by atoms with Crippen molar-refractivity contribution >= 4 is 29.1 Å². The average Bonchev–Trinajstić information content (AvgIpc) is 3.07. The summed E-state index contributed by atoms with van der Waals surface area (Å²) in [5, 5.41) is 4.35. The molecule has 1 saturated heterocycles. The molecule has 5 heteroatoms. The minimum Gasteiger partial charge on any atom is -0.370 e. The Hall–Kier alpha value is -1.23. The maximum absolute atomic E-state index is 6.52. The van der Waals surface area contributed by atoms with Crippen molar-refractivity contribution in [2.75, 3.05) is 31.1 Å². The third-order valence-corrected chi connectivity index (χ3v) is 6.70. The van der Waals surface area contributed by atoms with E-state index in [0.717, 1.165) is 55.5 Å². The highest BCUT2D eigenvalue weighted by molar-refractivity contribution is 7.98. The highest BCUT2D eigenvalue weighted by atomic mass is 35.5. The molecule has 26 heavy (non-hydrogen) atoms. The van der Waals surface area contributed by atoms with Crippen LogP contribution >= 0.6 is 23.4 Å². The number of nitrogens with one attached hydrogen (secondary N) is 1. The maximum atomic E-state index is 6.52. The highest BCUT2D eigenvalue weighted by Gasteiger charge is 2.16. The van der Waals surface area contributed by atoms with Crippen LogP contribution in [0.15, 0.2) is 35.4 Å². The number of rotatable bonds is 4. The molecule has 3 nitrogen and oxygen atoms in total. The molecule has 0 amide bonds. The Morgan fingerprint density at radius 2 is 1.88 bits per heavy atom. The molecular formula is C21H28ClN3S. The van der Waals surface area contributed by atoms with Crippen LogP contribution in [0.1, 0.15) is 37.1 Å². The fraction of sp³-hybridized carbons (Fsp3) is 0.476. The first-order valence-electron chi connectivity index (χ1n) is 9.15. The molecule has 0 unspecified atom stereocenters. The number of aromatic nitrogens is 1. The van der Waals surface area contributed by atoms with Gasteiger partial charge in [0.1, 0.15) is 0 Å². The van der Waals surface area contributed by atoms with E-state index >= 15 is 0 Å². The Labute approximate surface area is 166 Å². The summed E-state index contributed by atoms with van der Waals surface area (Å²) in [6.07, 6.45) is 6.76. The zero-order chi connectivity index (χ0) is 17.1. The molecule has 0 saturated carbocycles. The van der Waals surface area contributed by atoms with Gasteiger partial charge >= 0.3 is 0 Å². The Morgan fingerprint density at radius 3 is 2.65 bits per heavy atom. The molecule has 1 aromatic carbocycles. The largest absolute Gasteiger partial charge is 0.370 e. The molecule has 0 bridgehead atoms. The van der Waals surface area contributed by atoms with Gasteiger partial charge < -0.3 is 10.2 Å². The van der Waals surface area contributed by atoms with E-state index in [9.17, 15) is 0 Å². The normalized spacial score (nSPS) is 16.7. The molecule has 0 aliphatic carbocycles. The van der Waals surface area contributed by atoms with Crippen LogP contribution < -0.4 is 10.2 Å². The van der Waals surface area contributed by atoms with Crippen molar-refractivity contribution in [1.29, 1.82) is 0 Å². The first kappa shape index (κ1) is 19.5. The summed E-state index contributed by atoms with van der Waals surface area (Å²) in [6, 6.07) is 8.62. The van der Waals surface area contributed by atoms with Crippen molar-refractivity contribution in [3.63, 3.8) is 0 Å². The van der Waals surface area contributed by atoms with E-state index in [1.165, 1.54) is 34.6 Å². The number of pyridine rings is 1. The van der Waals surface area contributed by atoms with E-state index in [4.69, 9.17) is 11.6 Å². The van der Waals surface area contributed by atoms with E-state index < -0.39 is 0 Å². The second-order valence-electron chi connectivity index (χ2n) is 6.75. The first-order chi connectivity index (χ1) is 12.3. The lowest BCUT2D eigenvalue weighted by Crippen LogP contribution is -2.17. The van der Waals surface area contributed by atoms with Gasteiger partial charge in [0.2, 0.25) is 0 Å². The molecular weight excluding hydrogens is 362 g/mol. The van der Waals surface area contributed by atoms with Crippen molar-refractivity contribution < 1.29 is 0 Å². The second-order valence-corrected chi connectivity index (χ2v) is 8.15. The maximum Gasteiger partial charge on any atom is 0.0552 e. The number of benzene rings is 1. The molecule has 140 valence electrons. The Morgan fingerprint density at radius 1 is 1.08 bits per heavy atom. The lowest BCUT2D eigenvalue weighted by Gasteiger charge is -2.17. The van der Waals surface area contributed by atoms with Crippen molar-refractivity contribution in [1.82, 2.24) is 10.3 Å². The van der Waals surface area contributed by atoms with Crippen LogP contribution in [-0.4, -0.2) is 31.2 Å². The molecule has 2 aliphatic heterocycles. The van der Waals surface area contributed by atoms with Gasteiger partial charge in [0.15, 0.2) is 0 Å². The second kappa shape index (κ2) is 9.12.